The Hall–Kier alpha value is -1.28. The van der Waals surface area contributed by atoms with Crippen LogP contribution in [0.25, 0.3) is 0 Å². The molecule has 0 saturated heterocycles. The predicted molar refractivity (Wildman–Crippen MR) is 202 cm³/mol. The van der Waals surface area contributed by atoms with Crippen LogP contribution in [0.5, 0.6) is 34.5 Å². The fourth-order valence-electron chi connectivity index (χ4n) is 4.16. The van der Waals surface area contributed by atoms with Crippen LogP contribution < -0.4 is 58.3 Å². The first-order valence-electron chi connectivity index (χ1n) is 14.9. The van der Waals surface area contributed by atoms with Gasteiger partial charge in [0, 0.05) is 17.3 Å². The largest absolute Gasteiger partial charge is 1.00 e. The molecule has 3 rings (SSSR count). The molecule has 0 aliphatic heterocycles. The van der Waals surface area contributed by atoms with Crippen molar-refractivity contribution in [3.05, 3.63) is 68.0 Å². The Morgan fingerprint density at radius 1 is 0.569 bits per heavy atom. The van der Waals surface area contributed by atoms with Crippen molar-refractivity contribution in [1.82, 2.24) is 0 Å². The van der Waals surface area contributed by atoms with Gasteiger partial charge in [0.05, 0.1) is 67.2 Å². The van der Waals surface area contributed by atoms with E-state index in [4.69, 9.17) is 23.7 Å². The quantitative estimate of drug-likeness (QED) is 0.156. The predicted octanol–water partition coefficient (Wildman–Crippen LogP) is 4.49. The van der Waals surface area contributed by atoms with Gasteiger partial charge in [-0.2, -0.15) is 16.8 Å². The zero-order chi connectivity index (χ0) is 38.2. The summed E-state index contributed by atoms with van der Waals surface area (Å²) in [6, 6.07) is 16.0. The van der Waals surface area contributed by atoms with Gasteiger partial charge in [0.15, 0.2) is 0 Å². The van der Waals surface area contributed by atoms with Crippen molar-refractivity contribution < 1.29 is 83.5 Å². The molecule has 0 saturated carbocycles. The average molecular weight is 960 g/mol. The summed E-state index contributed by atoms with van der Waals surface area (Å²) in [7, 11) is -2.19. The second-order valence-corrected chi connectivity index (χ2v) is 16.7. The van der Waals surface area contributed by atoms with Crippen molar-refractivity contribution in [1.29, 1.82) is 0 Å². The standard InChI is InChI=1S/C19H22Br2O4.C7H7BrO2.C7H16O6S2.Na/c1-12(24-18-7-5-14(22-3)10-16(18)20)9-13(2)25-19-8-6-15(23-4)11-17(19)21;1-10-5-2-3-7(9)6(8)4-5;1-6(12-14(3,8)9)5-7(2)13-15(4,10)11;/h5-8,10-13H,9H2,1-4H3;2-4,9H,1H3;6-7H,5H2,1-4H3;/q;;;+1/p-1/t;;6-,7+;. The summed E-state index contributed by atoms with van der Waals surface area (Å²) in [5.74, 6) is 3.80. The number of halogens is 3. The van der Waals surface area contributed by atoms with E-state index in [9.17, 15) is 21.9 Å². The number of hydrogen-bond donors (Lipinski definition) is 0. The van der Waals surface area contributed by atoms with E-state index in [2.05, 4.69) is 56.2 Å². The number of benzene rings is 3. The summed E-state index contributed by atoms with van der Waals surface area (Å²) in [6.45, 7) is 7.12. The van der Waals surface area contributed by atoms with Gasteiger partial charge in [0.25, 0.3) is 20.2 Å². The van der Waals surface area contributed by atoms with E-state index < -0.39 is 32.4 Å². The van der Waals surface area contributed by atoms with Crippen LogP contribution in [0.2, 0.25) is 0 Å². The summed E-state index contributed by atoms with van der Waals surface area (Å²) in [5, 5.41) is 10.8. The molecule has 18 heteroatoms. The van der Waals surface area contributed by atoms with Gasteiger partial charge in [-0.15, -0.1) is 0 Å². The van der Waals surface area contributed by atoms with Gasteiger partial charge in [0.2, 0.25) is 0 Å². The third-order valence-corrected chi connectivity index (χ3v) is 9.29. The Labute approximate surface area is 349 Å². The Morgan fingerprint density at radius 3 is 1.18 bits per heavy atom. The zero-order valence-corrected chi connectivity index (χ0v) is 38.7. The van der Waals surface area contributed by atoms with Crippen LogP contribution in [0.15, 0.2) is 68.0 Å². The van der Waals surface area contributed by atoms with E-state index in [1.54, 1.807) is 33.5 Å². The second-order valence-electron chi connectivity index (χ2n) is 10.9. The Bertz CT molecular complexity index is 1620. The van der Waals surface area contributed by atoms with E-state index in [0.29, 0.717) is 10.2 Å². The SMILES string of the molecule is COc1ccc(OC(C)CC(C)Oc2ccc(OC)cc2Br)c(Br)c1.COc1ccc([O-])c(Br)c1.C[C@H](C[C@H](C)OS(C)(=O)=O)OS(C)(=O)=O.[Na+]. The smallest absolute Gasteiger partial charge is 0.872 e. The molecule has 0 spiro atoms. The fourth-order valence-corrected chi connectivity index (χ4v) is 6.77. The topological polar surface area (TPSA) is 156 Å². The molecular weight excluding hydrogens is 915 g/mol. The molecule has 0 N–H and O–H groups in total. The van der Waals surface area contributed by atoms with Crippen LogP contribution >= 0.6 is 47.8 Å². The van der Waals surface area contributed by atoms with E-state index in [0.717, 1.165) is 50.9 Å². The number of hydrogen-bond acceptors (Lipinski definition) is 12. The maximum absolute atomic E-state index is 10.8. The summed E-state index contributed by atoms with van der Waals surface area (Å²) < 4.78 is 81.7. The Morgan fingerprint density at radius 2 is 0.882 bits per heavy atom. The number of methoxy groups -OCH3 is 3. The molecule has 3 aromatic rings. The van der Waals surface area contributed by atoms with Crippen LogP contribution in [0, 0.1) is 0 Å². The third kappa shape index (κ3) is 21.9. The molecule has 2 unspecified atom stereocenters. The molecule has 0 heterocycles. The molecule has 4 atom stereocenters. The Balaban J connectivity index is 0.000000816. The first kappa shape index (κ1) is 49.7. The monoisotopic (exact) mass is 956 g/mol. The minimum Gasteiger partial charge on any atom is -0.872 e. The first-order chi connectivity index (χ1) is 23.2. The minimum atomic E-state index is -3.52. The molecule has 51 heavy (non-hydrogen) atoms. The van der Waals surface area contributed by atoms with Gasteiger partial charge in [-0.1, -0.05) is 27.7 Å². The first-order valence-corrected chi connectivity index (χ1v) is 20.9. The maximum Gasteiger partial charge on any atom is 1.00 e. The van der Waals surface area contributed by atoms with Crippen molar-refractivity contribution in [2.75, 3.05) is 33.8 Å². The van der Waals surface area contributed by atoms with Crippen LogP contribution in [-0.2, 0) is 28.6 Å². The van der Waals surface area contributed by atoms with Crippen LogP contribution in [0.4, 0.5) is 0 Å². The summed E-state index contributed by atoms with van der Waals surface area (Å²) >= 11 is 10.1. The second kappa shape index (κ2) is 24.2. The van der Waals surface area contributed by atoms with E-state index in [-0.39, 0.29) is 53.9 Å². The number of ether oxygens (including phenoxy) is 5. The third-order valence-electron chi connectivity index (χ3n) is 6.08. The molecular formula is C33H44Br3NaO12S2. The molecule has 0 amide bonds. The minimum absolute atomic E-state index is 0. The Kier molecular flexibility index (Phi) is 23.6. The summed E-state index contributed by atoms with van der Waals surface area (Å²) in [5.41, 5.74) is 0. The van der Waals surface area contributed by atoms with Gasteiger partial charge < -0.3 is 28.8 Å². The van der Waals surface area contributed by atoms with Gasteiger partial charge in [-0.3, -0.25) is 8.37 Å². The van der Waals surface area contributed by atoms with Crippen LogP contribution in [-0.4, -0.2) is 75.1 Å². The van der Waals surface area contributed by atoms with Crippen LogP contribution in [0.3, 0.4) is 0 Å². The van der Waals surface area contributed by atoms with E-state index in [1.807, 2.05) is 50.2 Å². The van der Waals surface area contributed by atoms with Gasteiger partial charge in [-0.25, -0.2) is 0 Å². The van der Waals surface area contributed by atoms with Gasteiger partial charge in [-0.05, 0) is 108 Å². The fraction of sp³-hybridized carbons (Fsp3) is 0.455. The molecule has 0 radical (unpaired) electrons. The molecule has 0 bridgehead atoms. The summed E-state index contributed by atoms with van der Waals surface area (Å²) in [6.07, 6.45) is 1.57. The van der Waals surface area contributed by atoms with E-state index in [1.165, 1.54) is 19.9 Å². The number of rotatable bonds is 15. The zero-order valence-electron chi connectivity index (χ0n) is 30.3. The van der Waals surface area contributed by atoms with Gasteiger partial charge >= 0.3 is 29.6 Å². The molecule has 0 aliphatic carbocycles. The molecule has 282 valence electrons. The van der Waals surface area contributed by atoms with E-state index >= 15 is 0 Å². The van der Waals surface area contributed by atoms with Gasteiger partial charge in [0.1, 0.15) is 28.7 Å². The van der Waals surface area contributed by atoms with Crippen molar-refractivity contribution in [2.24, 2.45) is 0 Å². The van der Waals surface area contributed by atoms with Crippen molar-refractivity contribution in [3.63, 3.8) is 0 Å². The molecule has 0 fully saturated rings. The van der Waals surface area contributed by atoms with Crippen molar-refractivity contribution in [3.8, 4) is 34.5 Å². The normalized spacial score (nSPS) is 13.3. The summed E-state index contributed by atoms with van der Waals surface area (Å²) in [4.78, 5) is 0. The molecule has 0 aliphatic rings. The maximum atomic E-state index is 10.8. The van der Waals surface area contributed by atoms with Crippen LogP contribution in [0.1, 0.15) is 40.5 Å². The average Bonchev–Trinajstić information content (AvgIpc) is 2.99. The molecule has 3 aromatic carbocycles. The van der Waals surface area contributed by atoms with Crippen molar-refractivity contribution >= 4 is 68.0 Å². The van der Waals surface area contributed by atoms with Crippen molar-refractivity contribution in [2.45, 2.75) is 65.0 Å². The molecule has 0 aromatic heterocycles. The molecule has 12 nitrogen and oxygen atoms in total.